The van der Waals surface area contributed by atoms with Gasteiger partial charge in [0.1, 0.15) is 6.04 Å². The van der Waals surface area contributed by atoms with Gasteiger partial charge >= 0.3 is 5.97 Å². The summed E-state index contributed by atoms with van der Waals surface area (Å²) < 4.78 is 0. The summed E-state index contributed by atoms with van der Waals surface area (Å²) in [6.07, 6.45) is 3.98. The van der Waals surface area contributed by atoms with Crippen molar-refractivity contribution in [2.24, 2.45) is 5.92 Å². The van der Waals surface area contributed by atoms with Gasteiger partial charge in [0.25, 0.3) is 0 Å². The number of carboxylic acid groups (broad SMARTS) is 1. The minimum atomic E-state index is -0.682. The summed E-state index contributed by atoms with van der Waals surface area (Å²) in [6, 6.07) is 8.53. The second-order valence-electron chi connectivity index (χ2n) is 6.60. The lowest BCUT2D eigenvalue weighted by atomic mass is 9.95. The summed E-state index contributed by atoms with van der Waals surface area (Å²) in [4.78, 5) is 13.6. The largest absolute Gasteiger partial charge is 0.480 e. The van der Waals surface area contributed by atoms with E-state index < -0.39 is 5.97 Å². The Bertz CT molecular complexity index is 467. The monoisotopic (exact) mass is 289 g/mol. The first-order valence-electron chi connectivity index (χ1n) is 8.06. The molecule has 1 aliphatic heterocycles. The second-order valence-corrected chi connectivity index (χ2v) is 6.60. The highest BCUT2D eigenvalue weighted by Crippen LogP contribution is 2.28. The van der Waals surface area contributed by atoms with Crippen molar-refractivity contribution in [2.45, 2.75) is 58.5 Å². The SMILES string of the molecule is CC(C)Cc1ccc(C(C)N2CCCCC2C(=O)O)cc1. The Balaban J connectivity index is 2.10. The molecule has 0 aromatic heterocycles. The Hall–Kier alpha value is -1.35. The molecular weight excluding hydrogens is 262 g/mol. The molecule has 1 heterocycles. The van der Waals surface area contributed by atoms with Gasteiger partial charge in [0, 0.05) is 6.04 Å². The van der Waals surface area contributed by atoms with E-state index in [1.807, 2.05) is 0 Å². The molecule has 1 N–H and O–H groups in total. The fourth-order valence-electron chi connectivity index (χ4n) is 3.28. The Morgan fingerprint density at radius 1 is 1.24 bits per heavy atom. The molecule has 1 fully saturated rings. The van der Waals surface area contributed by atoms with Crippen LogP contribution in [-0.2, 0) is 11.2 Å². The number of nitrogens with zero attached hydrogens (tertiary/aromatic N) is 1. The van der Waals surface area contributed by atoms with Crippen LogP contribution < -0.4 is 0 Å². The molecule has 1 aliphatic rings. The minimum Gasteiger partial charge on any atom is -0.480 e. The zero-order chi connectivity index (χ0) is 15.4. The van der Waals surface area contributed by atoms with Crippen molar-refractivity contribution < 1.29 is 9.90 Å². The molecule has 0 aliphatic carbocycles. The van der Waals surface area contributed by atoms with Crippen LogP contribution in [0, 0.1) is 5.92 Å². The van der Waals surface area contributed by atoms with Gasteiger partial charge in [-0.1, -0.05) is 44.5 Å². The smallest absolute Gasteiger partial charge is 0.320 e. The first-order chi connectivity index (χ1) is 9.99. The molecule has 2 atom stereocenters. The molecule has 3 heteroatoms. The van der Waals surface area contributed by atoms with Crippen molar-refractivity contribution in [2.75, 3.05) is 6.54 Å². The summed E-state index contributed by atoms with van der Waals surface area (Å²) in [5, 5.41) is 9.41. The van der Waals surface area contributed by atoms with Crippen molar-refractivity contribution in [1.82, 2.24) is 4.90 Å². The van der Waals surface area contributed by atoms with Gasteiger partial charge in [-0.25, -0.2) is 0 Å². The van der Waals surface area contributed by atoms with E-state index in [0.717, 1.165) is 32.2 Å². The molecule has 3 nitrogen and oxygen atoms in total. The Labute approximate surface area is 128 Å². The van der Waals surface area contributed by atoms with Crippen molar-refractivity contribution in [3.63, 3.8) is 0 Å². The lowest BCUT2D eigenvalue weighted by Gasteiger charge is -2.37. The van der Waals surface area contributed by atoms with Crippen LogP contribution in [0.15, 0.2) is 24.3 Å². The lowest BCUT2D eigenvalue weighted by molar-refractivity contribution is -0.145. The van der Waals surface area contributed by atoms with Gasteiger partial charge in [-0.2, -0.15) is 0 Å². The quantitative estimate of drug-likeness (QED) is 0.894. The number of hydrogen-bond acceptors (Lipinski definition) is 2. The number of likely N-dealkylation sites (tertiary alicyclic amines) is 1. The highest BCUT2D eigenvalue weighted by Gasteiger charge is 2.32. The van der Waals surface area contributed by atoms with Gasteiger partial charge in [0.15, 0.2) is 0 Å². The van der Waals surface area contributed by atoms with Crippen LogP contribution >= 0.6 is 0 Å². The summed E-state index contributed by atoms with van der Waals surface area (Å²) in [6.45, 7) is 7.45. The van der Waals surface area contributed by atoms with E-state index in [-0.39, 0.29) is 12.1 Å². The molecule has 21 heavy (non-hydrogen) atoms. The van der Waals surface area contributed by atoms with Crippen molar-refractivity contribution in [3.05, 3.63) is 35.4 Å². The second kappa shape index (κ2) is 7.08. The topological polar surface area (TPSA) is 40.5 Å². The van der Waals surface area contributed by atoms with Crippen LogP contribution in [0.1, 0.15) is 57.2 Å². The Morgan fingerprint density at radius 3 is 2.48 bits per heavy atom. The molecule has 116 valence electrons. The number of aliphatic carboxylic acids is 1. The van der Waals surface area contributed by atoms with Gasteiger partial charge in [0.05, 0.1) is 0 Å². The Morgan fingerprint density at radius 2 is 1.90 bits per heavy atom. The highest BCUT2D eigenvalue weighted by atomic mass is 16.4. The predicted octanol–water partition coefficient (Wildman–Crippen LogP) is 3.89. The molecule has 0 bridgehead atoms. The summed E-state index contributed by atoms with van der Waals surface area (Å²) >= 11 is 0. The lowest BCUT2D eigenvalue weighted by Crippen LogP contribution is -2.45. The minimum absolute atomic E-state index is 0.166. The highest BCUT2D eigenvalue weighted by molar-refractivity contribution is 5.73. The zero-order valence-electron chi connectivity index (χ0n) is 13.4. The van der Waals surface area contributed by atoms with Crippen LogP contribution in [0.4, 0.5) is 0 Å². The van der Waals surface area contributed by atoms with E-state index in [1.165, 1.54) is 11.1 Å². The fourth-order valence-corrected chi connectivity index (χ4v) is 3.28. The van der Waals surface area contributed by atoms with Gasteiger partial charge in [-0.05, 0) is 49.8 Å². The number of carbonyl (C=O) groups is 1. The Kier molecular flexibility index (Phi) is 5.40. The third-order valence-corrected chi connectivity index (χ3v) is 4.43. The molecule has 1 aromatic carbocycles. The van der Waals surface area contributed by atoms with Crippen molar-refractivity contribution in [3.8, 4) is 0 Å². The molecule has 1 aromatic rings. The van der Waals surface area contributed by atoms with Gasteiger partial charge in [-0.3, -0.25) is 9.69 Å². The van der Waals surface area contributed by atoms with Gasteiger partial charge in [-0.15, -0.1) is 0 Å². The summed E-state index contributed by atoms with van der Waals surface area (Å²) in [5.41, 5.74) is 2.57. The third kappa shape index (κ3) is 4.07. The molecular formula is C18H27NO2. The fraction of sp³-hybridized carbons (Fsp3) is 0.611. The molecule has 0 radical (unpaired) electrons. The summed E-state index contributed by atoms with van der Waals surface area (Å²) in [5.74, 6) is -0.0234. The average Bonchev–Trinajstić information content (AvgIpc) is 2.46. The van der Waals surface area contributed by atoms with E-state index in [4.69, 9.17) is 0 Å². The van der Waals surface area contributed by atoms with E-state index in [2.05, 4.69) is 49.9 Å². The zero-order valence-corrected chi connectivity index (χ0v) is 13.4. The molecule has 0 spiro atoms. The molecule has 2 rings (SSSR count). The average molecular weight is 289 g/mol. The van der Waals surface area contributed by atoms with Crippen LogP contribution in [0.3, 0.4) is 0 Å². The maximum Gasteiger partial charge on any atom is 0.320 e. The summed E-state index contributed by atoms with van der Waals surface area (Å²) in [7, 11) is 0. The molecule has 0 saturated carbocycles. The number of carboxylic acids is 1. The van der Waals surface area contributed by atoms with Crippen LogP contribution in [-0.4, -0.2) is 28.6 Å². The first kappa shape index (κ1) is 16.0. The van der Waals surface area contributed by atoms with Gasteiger partial charge in [0.2, 0.25) is 0 Å². The number of benzene rings is 1. The number of hydrogen-bond donors (Lipinski definition) is 1. The van der Waals surface area contributed by atoms with E-state index in [1.54, 1.807) is 0 Å². The van der Waals surface area contributed by atoms with E-state index in [0.29, 0.717) is 5.92 Å². The van der Waals surface area contributed by atoms with E-state index in [9.17, 15) is 9.90 Å². The molecule has 0 amide bonds. The maximum atomic E-state index is 11.4. The maximum absolute atomic E-state index is 11.4. The third-order valence-electron chi connectivity index (χ3n) is 4.43. The van der Waals surface area contributed by atoms with Crippen molar-refractivity contribution in [1.29, 1.82) is 0 Å². The number of rotatable bonds is 5. The van der Waals surface area contributed by atoms with Crippen LogP contribution in [0.2, 0.25) is 0 Å². The standard InChI is InChI=1S/C18H27NO2/c1-13(2)12-15-7-9-16(10-8-15)14(3)19-11-5-4-6-17(19)18(20)21/h7-10,13-14,17H,4-6,11-12H2,1-3H3,(H,20,21). The predicted molar refractivity (Wildman–Crippen MR) is 85.4 cm³/mol. The molecule has 2 unspecified atom stereocenters. The van der Waals surface area contributed by atoms with Gasteiger partial charge < -0.3 is 5.11 Å². The molecule has 1 saturated heterocycles. The van der Waals surface area contributed by atoms with Crippen molar-refractivity contribution >= 4 is 5.97 Å². The first-order valence-corrected chi connectivity index (χ1v) is 8.06. The number of piperidine rings is 1. The van der Waals surface area contributed by atoms with Crippen LogP contribution in [0.25, 0.3) is 0 Å². The van der Waals surface area contributed by atoms with Crippen LogP contribution in [0.5, 0.6) is 0 Å². The normalized spacial score (nSPS) is 21.4. The van der Waals surface area contributed by atoms with E-state index >= 15 is 0 Å².